The van der Waals surface area contributed by atoms with Crippen molar-refractivity contribution < 1.29 is 4.74 Å². The molecule has 3 aliphatic rings. The van der Waals surface area contributed by atoms with Gasteiger partial charge in [0.15, 0.2) is 0 Å². The van der Waals surface area contributed by atoms with E-state index in [0.29, 0.717) is 0 Å². The van der Waals surface area contributed by atoms with Crippen LogP contribution in [0.5, 0.6) is 5.75 Å². The average Bonchev–Trinajstić information content (AvgIpc) is 3.99. The van der Waals surface area contributed by atoms with E-state index in [-0.39, 0.29) is 0 Å². The first-order chi connectivity index (χ1) is 33.6. The second-order valence-electron chi connectivity index (χ2n) is 18.6. The van der Waals surface area contributed by atoms with Crippen LogP contribution in [0.25, 0.3) is 44.5 Å². The second kappa shape index (κ2) is 15.7. The monoisotopic (exact) mass is 871 g/mol. The molecule has 3 aliphatic carbocycles. The number of fused-ring (bicyclic) bond motifs is 13. The fourth-order valence-corrected chi connectivity index (χ4v) is 12.4. The van der Waals surface area contributed by atoms with Gasteiger partial charge in [-0.2, -0.15) is 0 Å². The maximum atomic E-state index is 5.73. The summed E-state index contributed by atoms with van der Waals surface area (Å²) in [4.78, 5) is 2.49. The molecule has 0 saturated heterocycles. The van der Waals surface area contributed by atoms with Crippen molar-refractivity contribution in [1.82, 2.24) is 0 Å². The van der Waals surface area contributed by atoms with Gasteiger partial charge in [0.05, 0.1) is 17.9 Å². The minimum atomic E-state index is -0.588. The molecule has 0 aromatic heterocycles. The smallest absolute Gasteiger partial charge is 0.118 e. The molecule has 0 amide bonds. The van der Waals surface area contributed by atoms with Crippen molar-refractivity contribution in [3.63, 3.8) is 0 Å². The Morgan fingerprint density at radius 2 is 0.779 bits per heavy atom. The van der Waals surface area contributed by atoms with E-state index >= 15 is 0 Å². The summed E-state index contributed by atoms with van der Waals surface area (Å²) < 4.78 is 5.73. The van der Waals surface area contributed by atoms with Gasteiger partial charge in [0.1, 0.15) is 5.75 Å². The maximum absolute atomic E-state index is 5.73. The van der Waals surface area contributed by atoms with E-state index in [1.54, 1.807) is 7.11 Å². The van der Waals surface area contributed by atoms with E-state index < -0.39 is 10.8 Å². The molecular weight excluding hydrogens is 823 g/mol. The van der Waals surface area contributed by atoms with E-state index in [0.717, 1.165) is 35.7 Å². The summed E-state index contributed by atoms with van der Waals surface area (Å²) in [7, 11) is 1.74. The maximum Gasteiger partial charge on any atom is 0.118 e. The molecule has 2 heteroatoms. The van der Waals surface area contributed by atoms with Crippen LogP contribution in [-0.2, 0) is 17.3 Å². The molecule has 0 aliphatic heterocycles. The minimum Gasteiger partial charge on any atom is -0.497 e. The van der Waals surface area contributed by atoms with Gasteiger partial charge >= 0.3 is 0 Å². The van der Waals surface area contributed by atoms with E-state index in [4.69, 9.17) is 4.74 Å². The number of anilines is 3. The second-order valence-corrected chi connectivity index (χ2v) is 18.6. The summed E-state index contributed by atoms with van der Waals surface area (Å²) in [6, 6.07) is 88.6. The molecule has 0 fully saturated rings. The van der Waals surface area contributed by atoms with Gasteiger partial charge in [0, 0.05) is 17.1 Å². The van der Waals surface area contributed by atoms with Gasteiger partial charge in [0.2, 0.25) is 0 Å². The van der Waals surface area contributed by atoms with Crippen molar-refractivity contribution in [3.05, 3.63) is 287 Å². The molecule has 0 saturated carbocycles. The molecule has 1 atom stereocenters. The van der Waals surface area contributed by atoms with Crippen LogP contribution in [0, 0.1) is 0 Å². The number of benzene rings is 10. The van der Waals surface area contributed by atoms with Gasteiger partial charge in [-0.05, 0) is 150 Å². The number of ether oxygens (including phenoxy) is 1. The van der Waals surface area contributed by atoms with Gasteiger partial charge in [-0.1, -0.05) is 201 Å². The number of hydrogen-bond donors (Lipinski definition) is 0. The zero-order chi connectivity index (χ0) is 45.4. The summed E-state index contributed by atoms with van der Waals surface area (Å²) in [6.45, 7) is 2.28. The minimum absolute atomic E-state index is 0.475. The molecule has 324 valence electrons. The lowest BCUT2D eigenvalue weighted by atomic mass is 9.67. The van der Waals surface area contributed by atoms with Crippen molar-refractivity contribution in [2.75, 3.05) is 12.0 Å². The third-order valence-corrected chi connectivity index (χ3v) is 15.2. The van der Waals surface area contributed by atoms with Crippen LogP contribution in [0.1, 0.15) is 63.4 Å². The molecule has 1 spiro atoms. The summed E-state index contributed by atoms with van der Waals surface area (Å²) >= 11 is 0. The average molecular weight is 872 g/mol. The topological polar surface area (TPSA) is 12.5 Å². The van der Waals surface area contributed by atoms with E-state index in [2.05, 4.69) is 248 Å². The molecule has 10 aromatic rings. The molecule has 0 N–H and O–H groups in total. The van der Waals surface area contributed by atoms with Gasteiger partial charge in [-0.15, -0.1) is 0 Å². The first-order valence-electron chi connectivity index (χ1n) is 24.0. The van der Waals surface area contributed by atoms with Crippen molar-refractivity contribution in [3.8, 4) is 50.3 Å². The highest BCUT2D eigenvalue weighted by Crippen LogP contribution is 2.64. The first-order valence-corrected chi connectivity index (χ1v) is 24.0. The fraction of sp³-hybridized carbons (Fsp3) is 0.0909. The third-order valence-electron chi connectivity index (χ3n) is 15.2. The van der Waals surface area contributed by atoms with Gasteiger partial charge in [-0.3, -0.25) is 0 Å². The predicted molar refractivity (Wildman–Crippen MR) is 281 cm³/mol. The Labute approximate surface area is 399 Å². The van der Waals surface area contributed by atoms with Crippen LogP contribution in [0.3, 0.4) is 0 Å². The SMILES string of the molecule is CCCc1ccc2c(c1)C1(c3ccccc3-c3ccccc31)c1cc(N(c3ccc(-c4ccccc4)cc3)c3ccc4c(c3)C(c3ccccc3)(c3ccc(OC)cc3)c3ccccc3-4)ccc1-2. The molecule has 0 bridgehead atoms. The van der Waals surface area contributed by atoms with E-state index in [1.165, 1.54) is 94.6 Å². The summed E-state index contributed by atoms with van der Waals surface area (Å²) in [5, 5.41) is 0. The zero-order valence-electron chi connectivity index (χ0n) is 38.3. The number of aryl methyl sites for hydroxylation is 1. The highest BCUT2D eigenvalue weighted by atomic mass is 16.5. The molecule has 2 nitrogen and oxygen atoms in total. The molecule has 13 rings (SSSR count). The van der Waals surface area contributed by atoms with Crippen molar-refractivity contribution >= 4 is 17.1 Å². The summed E-state index contributed by atoms with van der Waals surface area (Å²) in [5.41, 5.74) is 24.1. The molecule has 10 aromatic carbocycles. The van der Waals surface area contributed by atoms with Crippen molar-refractivity contribution in [2.24, 2.45) is 0 Å². The van der Waals surface area contributed by atoms with Crippen molar-refractivity contribution in [2.45, 2.75) is 30.6 Å². The highest BCUT2D eigenvalue weighted by molar-refractivity contribution is 5.97. The number of hydrogen-bond acceptors (Lipinski definition) is 2. The van der Waals surface area contributed by atoms with Crippen LogP contribution >= 0.6 is 0 Å². The number of rotatable bonds is 9. The summed E-state index contributed by atoms with van der Waals surface area (Å²) in [6.07, 6.45) is 2.15. The van der Waals surface area contributed by atoms with E-state index in [9.17, 15) is 0 Å². The standard InChI is InChI=1S/C66H49NO/c1-3-16-44-27-38-56-58-40-35-51(43-64(58)66(62(56)41-44)60-25-14-11-21-53(60)54-22-12-15-26-61(54)66)67(49-32-28-46(29-33-49)45-17-6-4-7-18-45)50-34-39-57-55-23-10-13-24-59(55)65(63(57)42-50,47-19-8-5-9-20-47)48-30-36-52(68-2)37-31-48/h4-15,17-43H,3,16H2,1-2H3. The summed E-state index contributed by atoms with van der Waals surface area (Å²) in [5.74, 6) is 0.841. The number of nitrogens with zero attached hydrogens (tertiary/aromatic N) is 1. The zero-order valence-corrected chi connectivity index (χ0v) is 38.3. The van der Waals surface area contributed by atoms with E-state index in [1.807, 2.05) is 0 Å². The normalized spacial score (nSPS) is 15.2. The van der Waals surface area contributed by atoms with Crippen molar-refractivity contribution in [1.29, 1.82) is 0 Å². The fourth-order valence-electron chi connectivity index (χ4n) is 12.4. The Morgan fingerprint density at radius 1 is 0.353 bits per heavy atom. The largest absolute Gasteiger partial charge is 0.497 e. The molecule has 0 heterocycles. The lowest BCUT2D eigenvalue weighted by Gasteiger charge is -2.35. The Kier molecular flexibility index (Phi) is 9.27. The van der Waals surface area contributed by atoms with Gasteiger partial charge < -0.3 is 9.64 Å². The first kappa shape index (κ1) is 40.1. The van der Waals surface area contributed by atoms with Crippen LogP contribution in [0.2, 0.25) is 0 Å². The molecular formula is C66H49NO. The Hall–Kier alpha value is -8.20. The van der Waals surface area contributed by atoms with Crippen LogP contribution in [0.15, 0.2) is 237 Å². The Bertz CT molecular complexity index is 3510. The molecule has 1 unspecified atom stereocenters. The Balaban J connectivity index is 1.08. The van der Waals surface area contributed by atoms with Gasteiger partial charge in [-0.25, -0.2) is 0 Å². The van der Waals surface area contributed by atoms with Gasteiger partial charge in [0.25, 0.3) is 0 Å². The quantitative estimate of drug-likeness (QED) is 0.143. The lowest BCUT2D eigenvalue weighted by molar-refractivity contribution is 0.414. The number of methoxy groups -OCH3 is 1. The Morgan fingerprint density at radius 3 is 1.34 bits per heavy atom. The van der Waals surface area contributed by atoms with Crippen LogP contribution < -0.4 is 9.64 Å². The molecule has 68 heavy (non-hydrogen) atoms. The predicted octanol–water partition coefficient (Wildman–Crippen LogP) is 16.5. The lowest BCUT2D eigenvalue weighted by Crippen LogP contribution is -2.28. The third kappa shape index (κ3) is 5.70. The highest BCUT2D eigenvalue weighted by Gasteiger charge is 2.52. The van der Waals surface area contributed by atoms with Crippen LogP contribution in [-0.4, -0.2) is 7.11 Å². The van der Waals surface area contributed by atoms with Crippen LogP contribution in [0.4, 0.5) is 17.1 Å². The molecule has 0 radical (unpaired) electrons.